The summed E-state index contributed by atoms with van der Waals surface area (Å²) in [7, 11) is 1.76. The van der Waals surface area contributed by atoms with Crippen LogP contribution in [0.4, 0.5) is 4.39 Å². The summed E-state index contributed by atoms with van der Waals surface area (Å²) in [5.41, 5.74) is 2.42. The van der Waals surface area contributed by atoms with Crippen LogP contribution in [0.3, 0.4) is 0 Å². The number of carbonyl (C=O) groups is 2. The van der Waals surface area contributed by atoms with Gasteiger partial charge < -0.3 is 19.6 Å². The van der Waals surface area contributed by atoms with E-state index in [-0.39, 0.29) is 23.4 Å². The first-order valence-electron chi connectivity index (χ1n) is 11.2. The maximum Gasteiger partial charge on any atom is 0.270 e. The van der Waals surface area contributed by atoms with Gasteiger partial charge in [-0.15, -0.1) is 0 Å². The van der Waals surface area contributed by atoms with E-state index < -0.39 is 0 Å². The van der Waals surface area contributed by atoms with Crippen LogP contribution in [-0.4, -0.2) is 70.2 Å². The summed E-state index contributed by atoms with van der Waals surface area (Å²) < 4.78 is 15.1. The molecule has 1 atom stereocenters. The average molecular weight is 441 g/mol. The van der Waals surface area contributed by atoms with Crippen molar-refractivity contribution >= 4 is 17.4 Å². The van der Waals surface area contributed by atoms with Crippen LogP contribution in [0.2, 0.25) is 0 Å². The number of oxime groups is 1. The van der Waals surface area contributed by atoms with Crippen molar-refractivity contribution < 1.29 is 19.2 Å². The SMILES string of the molecule is CN1CCC(=NO)c2ccn(CCCCN3CCC(C(=O)c4ccc(F)cc4)C3)c2C1=O. The predicted octanol–water partition coefficient (Wildman–Crippen LogP) is 3.27. The van der Waals surface area contributed by atoms with E-state index in [9.17, 15) is 19.2 Å². The molecule has 7 nitrogen and oxygen atoms in total. The fourth-order valence-electron chi connectivity index (χ4n) is 4.64. The van der Waals surface area contributed by atoms with Crippen molar-refractivity contribution in [2.45, 2.75) is 32.2 Å². The first kappa shape index (κ1) is 22.2. The standard InChI is InChI=1S/C24H29FN4O3/c1-27-13-10-21(26-32)20-9-15-29(22(20)24(27)31)12-3-2-11-28-14-8-18(16-28)23(30)17-4-6-19(25)7-5-17/h4-7,9,15,18,32H,2-3,8,10-14,16H2,1H3. The summed E-state index contributed by atoms with van der Waals surface area (Å²) in [6, 6.07) is 7.64. The van der Waals surface area contributed by atoms with E-state index in [1.54, 1.807) is 24.1 Å². The molecule has 0 aliphatic carbocycles. The number of aromatic nitrogens is 1. The Balaban J connectivity index is 1.29. The molecule has 1 amide bonds. The Morgan fingerprint density at radius 3 is 2.66 bits per heavy atom. The topological polar surface area (TPSA) is 78.1 Å². The maximum atomic E-state index is 13.1. The van der Waals surface area contributed by atoms with Crippen LogP contribution in [0.15, 0.2) is 41.7 Å². The number of halogens is 1. The second-order valence-corrected chi connectivity index (χ2v) is 8.66. The summed E-state index contributed by atoms with van der Waals surface area (Å²) in [6.07, 6.45) is 5.10. The average Bonchev–Trinajstić information content (AvgIpc) is 3.41. The van der Waals surface area contributed by atoms with E-state index in [0.29, 0.717) is 42.0 Å². The molecule has 1 saturated heterocycles. The molecule has 4 rings (SSSR count). The third kappa shape index (κ3) is 4.60. The van der Waals surface area contributed by atoms with Crippen LogP contribution in [0, 0.1) is 11.7 Å². The Bertz CT molecular complexity index is 1010. The fourth-order valence-corrected chi connectivity index (χ4v) is 4.64. The molecule has 1 fully saturated rings. The van der Waals surface area contributed by atoms with Crippen molar-refractivity contribution in [1.29, 1.82) is 0 Å². The number of fused-ring (bicyclic) bond motifs is 1. The smallest absolute Gasteiger partial charge is 0.270 e. The van der Waals surface area contributed by atoms with Gasteiger partial charge in [-0.3, -0.25) is 9.59 Å². The Morgan fingerprint density at radius 2 is 1.91 bits per heavy atom. The molecule has 0 bridgehead atoms. The lowest BCUT2D eigenvalue weighted by Gasteiger charge is -2.17. The van der Waals surface area contributed by atoms with Crippen LogP contribution < -0.4 is 0 Å². The molecule has 2 aliphatic rings. The van der Waals surface area contributed by atoms with Gasteiger partial charge in [-0.2, -0.15) is 0 Å². The molecule has 1 N–H and O–H groups in total. The lowest BCUT2D eigenvalue weighted by Crippen LogP contribution is -2.28. The van der Waals surface area contributed by atoms with E-state index >= 15 is 0 Å². The number of hydrogen-bond acceptors (Lipinski definition) is 5. The first-order valence-corrected chi connectivity index (χ1v) is 11.2. The molecule has 0 saturated carbocycles. The monoisotopic (exact) mass is 440 g/mol. The zero-order valence-corrected chi connectivity index (χ0v) is 18.3. The number of ketones is 1. The van der Waals surface area contributed by atoms with Gasteiger partial charge in [0.25, 0.3) is 5.91 Å². The Morgan fingerprint density at radius 1 is 1.16 bits per heavy atom. The Labute approximate surface area is 187 Å². The molecule has 1 aromatic heterocycles. The lowest BCUT2D eigenvalue weighted by atomic mass is 9.97. The van der Waals surface area contributed by atoms with Gasteiger partial charge >= 0.3 is 0 Å². The van der Waals surface area contributed by atoms with E-state index in [1.807, 2.05) is 16.8 Å². The number of hydrogen-bond donors (Lipinski definition) is 1. The van der Waals surface area contributed by atoms with Gasteiger partial charge in [0, 0.05) is 56.3 Å². The molecule has 170 valence electrons. The van der Waals surface area contributed by atoms with Crippen LogP contribution in [0.25, 0.3) is 0 Å². The third-order valence-electron chi connectivity index (χ3n) is 6.52. The van der Waals surface area contributed by atoms with Crippen molar-refractivity contribution in [3.8, 4) is 0 Å². The quantitative estimate of drug-likeness (QED) is 0.310. The van der Waals surface area contributed by atoms with Crippen LogP contribution in [0.1, 0.15) is 52.1 Å². The molecule has 2 aliphatic heterocycles. The molecule has 1 aromatic carbocycles. The fraction of sp³-hybridized carbons (Fsp3) is 0.458. The van der Waals surface area contributed by atoms with Crippen molar-refractivity contribution in [2.24, 2.45) is 11.1 Å². The van der Waals surface area contributed by atoms with Crippen LogP contribution >= 0.6 is 0 Å². The largest absolute Gasteiger partial charge is 0.411 e. The van der Waals surface area contributed by atoms with Gasteiger partial charge in [0.1, 0.15) is 11.5 Å². The summed E-state index contributed by atoms with van der Waals surface area (Å²) in [5.74, 6) is -0.329. The van der Waals surface area contributed by atoms with Gasteiger partial charge in [-0.1, -0.05) is 5.16 Å². The van der Waals surface area contributed by atoms with Crippen LogP contribution in [0.5, 0.6) is 0 Å². The number of benzene rings is 1. The van der Waals surface area contributed by atoms with Gasteiger partial charge in [0.2, 0.25) is 0 Å². The number of nitrogens with zero attached hydrogens (tertiary/aromatic N) is 4. The molecule has 0 radical (unpaired) electrons. The third-order valence-corrected chi connectivity index (χ3v) is 6.52. The number of rotatable bonds is 7. The molecule has 0 spiro atoms. The number of likely N-dealkylation sites (tertiary alicyclic amines) is 1. The van der Waals surface area contributed by atoms with E-state index in [0.717, 1.165) is 38.9 Å². The molecular weight excluding hydrogens is 411 g/mol. The lowest BCUT2D eigenvalue weighted by molar-refractivity contribution is 0.0790. The van der Waals surface area contributed by atoms with E-state index in [1.165, 1.54) is 12.1 Å². The van der Waals surface area contributed by atoms with Gasteiger partial charge in [-0.25, -0.2) is 4.39 Å². The van der Waals surface area contributed by atoms with E-state index in [4.69, 9.17) is 0 Å². The van der Waals surface area contributed by atoms with Crippen molar-refractivity contribution in [2.75, 3.05) is 33.2 Å². The zero-order chi connectivity index (χ0) is 22.7. The summed E-state index contributed by atoms with van der Waals surface area (Å²) in [4.78, 5) is 29.4. The second kappa shape index (κ2) is 9.65. The van der Waals surface area contributed by atoms with E-state index in [2.05, 4.69) is 10.1 Å². The minimum atomic E-state index is -0.331. The molecule has 3 heterocycles. The second-order valence-electron chi connectivity index (χ2n) is 8.66. The maximum absolute atomic E-state index is 13.1. The molecular formula is C24H29FN4O3. The molecule has 1 unspecified atom stereocenters. The Kier molecular flexibility index (Phi) is 6.69. The van der Waals surface area contributed by atoms with Crippen molar-refractivity contribution in [1.82, 2.24) is 14.4 Å². The number of aryl methyl sites for hydroxylation is 1. The minimum Gasteiger partial charge on any atom is -0.411 e. The van der Waals surface area contributed by atoms with Crippen molar-refractivity contribution in [3.63, 3.8) is 0 Å². The first-order chi connectivity index (χ1) is 15.5. The normalized spacial score (nSPS) is 20.6. The number of unbranched alkanes of at least 4 members (excludes halogenated alkanes) is 1. The molecule has 8 heteroatoms. The summed E-state index contributed by atoms with van der Waals surface area (Å²) in [6.45, 7) is 3.75. The highest BCUT2D eigenvalue weighted by Gasteiger charge is 2.29. The zero-order valence-electron chi connectivity index (χ0n) is 18.3. The number of amides is 1. The van der Waals surface area contributed by atoms with Crippen LogP contribution in [-0.2, 0) is 6.54 Å². The predicted molar refractivity (Wildman–Crippen MR) is 119 cm³/mol. The highest BCUT2D eigenvalue weighted by atomic mass is 19.1. The van der Waals surface area contributed by atoms with Gasteiger partial charge in [-0.05, 0) is 62.7 Å². The van der Waals surface area contributed by atoms with Crippen molar-refractivity contribution in [3.05, 3.63) is 59.2 Å². The van der Waals surface area contributed by atoms with Gasteiger partial charge in [0.05, 0.1) is 5.71 Å². The highest BCUT2D eigenvalue weighted by Crippen LogP contribution is 2.23. The summed E-state index contributed by atoms with van der Waals surface area (Å²) >= 11 is 0. The Hall–Kier alpha value is -3.00. The summed E-state index contributed by atoms with van der Waals surface area (Å²) in [5, 5.41) is 12.7. The minimum absolute atomic E-state index is 0.0370. The highest BCUT2D eigenvalue weighted by molar-refractivity contribution is 6.11. The number of carbonyl (C=O) groups excluding carboxylic acids is 2. The molecule has 2 aromatic rings. The molecule has 32 heavy (non-hydrogen) atoms. The number of Topliss-reactive ketones (excluding diaryl/α,β-unsaturated/α-hetero) is 1. The van der Waals surface area contributed by atoms with Gasteiger partial charge in [0.15, 0.2) is 5.78 Å².